The van der Waals surface area contributed by atoms with E-state index in [9.17, 15) is 4.79 Å². The van der Waals surface area contributed by atoms with E-state index in [1.807, 2.05) is 17.1 Å². The van der Waals surface area contributed by atoms with E-state index in [0.29, 0.717) is 0 Å². The molecule has 168 valence electrons. The molecule has 2 fully saturated rings. The van der Waals surface area contributed by atoms with Crippen molar-refractivity contribution < 1.29 is 9.53 Å². The van der Waals surface area contributed by atoms with Gasteiger partial charge in [0.2, 0.25) is 5.91 Å². The summed E-state index contributed by atoms with van der Waals surface area (Å²) < 4.78 is 7.66. The molecule has 1 aromatic heterocycles. The van der Waals surface area contributed by atoms with E-state index < -0.39 is 0 Å². The zero-order valence-electron chi connectivity index (χ0n) is 19.1. The zero-order valence-corrected chi connectivity index (χ0v) is 19.1. The van der Waals surface area contributed by atoms with E-state index in [0.717, 1.165) is 64.3 Å². The minimum absolute atomic E-state index is 0.0425. The monoisotopic (exact) mass is 424 g/mol. The number of aromatic nitrogens is 2. The summed E-state index contributed by atoms with van der Waals surface area (Å²) in [6, 6.07) is 8.63. The number of imidazole rings is 1. The van der Waals surface area contributed by atoms with Gasteiger partial charge in [-0.25, -0.2) is 4.98 Å². The SMILES string of the molecule is CC(C)(C)CCNC(=O)[C@H]1CN(Cc2ccc(-n3ccnc3)cc2)CC12CCOCC2. The molecule has 0 saturated carbocycles. The number of amides is 1. The number of hydrogen-bond donors (Lipinski definition) is 1. The number of nitrogens with zero attached hydrogens (tertiary/aromatic N) is 3. The highest BCUT2D eigenvalue weighted by atomic mass is 16.5. The molecule has 1 spiro atoms. The Kier molecular flexibility index (Phi) is 6.49. The van der Waals surface area contributed by atoms with Crippen LogP contribution in [-0.4, -0.2) is 53.2 Å². The summed E-state index contributed by atoms with van der Waals surface area (Å²) >= 11 is 0. The Morgan fingerprint density at radius 1 is 1.23 bits per heavy atom. The molecule has 1 N–H and O–H groups in total. The van der Waals surface area contributed by atoms with Crippen molar-refractivity contribution in [1.82, 2.24) is 19.8 Å². The van der Waals surface area contributed by atoms with Gasteiger partial charge in [-0.2, -0.15) is 0 Å². The first-order chi connectivity index (χ1) is 14.8. The van der Waals surface area contributed by atoms with Crippen LogP contribution in [0.2, 0.25) is 0 Å². The van der Waals surface area contributed by atoms with Gasteiger partial charge >= 0.3 is 0 Å². The predicted octanol–water partition coefficient (Wildman–Crippen LogP) is 3.65. The van der Waals surface area contributed by atoms with Gasteiger partial charge in [0.1, 0.15) is 0 Å². The van der Waals surface area contributed by atoms with Crippen LogP contribution in [0.4, 0.5) is 0 Å². The molecule has 0 aliphatic carbocycles. The van der Waals surface area contributed by atoms with Gasteiger partial charge in [0, 0.05) is 62.9 Å². The average Bonchev–Trinajstić information content (AvgIpc) is 3.37. The van der Waals surface area contributed by atoms with Crippen LogP contribution in [0.1, 0.15) is 45.6 Å². The van der Waals surface area contributed by atoms with Gasteiger partial charge in [-0.05, 0) is 42.4 Å². The molecule has 2 aliphatic heterocycles. The molecule has 3 heterocycles. The molecule has 31 heavy (non-hydrogen) atoms. The predicted molar refractivity (Wildman–Crippen MR) is 122 cm³/mol. The quantitative estimate of drug-likeness (QED) is 0.769. The fourth-order valence-corrected chi connectivity index (χ4v) is 4.97. The lowest BCUT2D eigenvalue weighted by molar-refractivity contribution is -0.129. The molecule has 4 rings (SSSR count). The van der Waals surface area contributed by atoms with E-state index in [-0.39, 0.29) is 22.7 Å². The van der Waals surface area contributed by atoms with E-state index in [4.69, 9.17) is 4.74 Å². The van der Waals surface area contributed by atoms with E-state index in [2.05, 4.69) is 60.2 Å². The summed E-state index contributed by atoms with van der Waals surface area (Å²) in [5.74, 6) is 0.269. The molecular formula is C25H36N4O2. The lowest BCUT2D eigenvalue weighted by atomic mass is 9.71. The first-order valence-electron chi connectivity index (χ1n) is 11.5. The van der Waals surface area contributed by atoms with Crippen molar-refractivity contribution >= 4 is 5.91 Å². The Labute approximate surface area is 186 Å². The smallest absolute Gasteiger partial charge is 0.225 e. The summed E-state index contributed by atoms with van der Waals surface area (Å²) in [5, 5.41) is 3.25. The second kappa shape index (κ2) is 9.13. The first kappa shape index (κ1) is 22.0. The average molecular weight is 425 g/mol. The van der Waals surface area contributed by atoms with Gasteiger partial charge in [0.25, 0.3) is 0 Å². The minimum Gasteiger partial charge on any atom is -0.381 e. The molecule has 2 aromatic rings. The highest BCUT2D eigenvalue weighted by molar-refractivity contribution is 5.80. The minimum atomic E-state index is 0.0425. The van der Waals surface area contributed by atoms with Crippen molar-refractivity contribution in [2.45, 2.75) is 46.6 Å². The van der Waals surface area contributed by atoms with Crippen molar-refractivity contribution in [1.29, 1.82) is 0 Å². The van der Waals surface area contributed by atoms with Gasteiger partial charge in [-0.1, -0.05) is 32.9 Å². The van der Waals surface area contributed by atoms with Crippen LogP contribution in [0.15, 0.2) is 43.0 Å². The second-order valence-corrected chi connectivity index (χ2v) is 10.4. The number of likely N-dealkylation sites (tertiary alicyclic amines) is 1. The maximum absolute atomic E-state index is 13.2. The van der Waals surface area contributed by atoms with Gasteiger partial charge in [-0.15, -0.1) is 0 Å². The summed E-state index contributed by atoms with van der Waals surface area (Å²) in [6.07, 6.45) is 8.49. The van der Waals surface area contributed by atoms with Crippen LogP contribution in [0, 0.1) is 16.7 Å². The molecule has 2 saturated heterocycles. The Hall–Kier alpha value is -2.18. The molecule has 1 aromatic carbocycles. The van der Waals surface area contributed by atoms with Crippen LogP contribution in [0.25, 0.3) is 5.69 Å². The number of carbonyl (C=O) groups is 1. The molecular weight excluding hydrogens is 388 g/mol. The van der Waals surface area contributed by atoms with Crippen molar-refractivity contribution in [3.05, 3.63) is 48.5 Å². The van der Waals surface area contributed by atoms with Crippen LogP contribution in [0.3, 0.4) is 0 Å². The molecule has 2 aliphatic rings. The van der Waals surface area contributed by atoms with Crippen LogP contribution < -0.4 is 5.32 Å². The van der Waals surface area contributed by atoms with Crippen molar-refractivity contribution in [2.75, 3.05) is 32.8 Å². The third-order valence-electron chi connectivity index (χ3n) is 6.84. The lowest BCUT2D eigenvalue weighted by Crippen LogP contribution is -2.44. The van der Waals surface area contributed by atoms with Crippen molar-refractivity contribution in [2.24, 2.45) is 16.7 Å². The number of carbonyl (C=O) groups excluding carboxylic acids is 1. The molecule has 1 amide bonds. The number of benzene rings is 1. The number of ether oxygens (including phenoxy) is 1. The topological polar surface area (TPSA) is 59.4 Å². The number of hydrogen-bond acceptors (Lipinski definition) is 4. The highest BCUT2D eigenvalue weighted by Crippen LogP contribution is 2.44. The Bertz CT molecular complexity index is 849. The molecule has 0 radical (unpaired) electrons. The summed E-state index contributed by atoms with van der Waals surface area (Å²) in [4.78, 5) is 19.8. The maximum Gasteiger partial charge on any atom is 0.225 e. The summed E-state index contributed by atoms with van der Waals surface area (Å²) in [7, 11) is 0. The van der Waals surface area contributed by atoms with E-state index in [1.54, 1.807) is 6.20 Å². The number of nitrogens with one attached hydrogen (secondary N) is 1. The molecule has 1 atom stereocenters. The standard InChI is InChI=1S/C25H36N4O2/c1-24(2,3)8-11-27-23(30)22-17-28(18-25(22)9-14-31-15-10-25)16-20-4-6-21(7-5-20)29-13-12-26-19-29/h4-7,12-13,19,22H,8-11,14-18H2,1-3H3,(H,27,30)/t22-/m1/s1. The Morgan fingerprint density at radius 3 is 2.61 bits per heavy atom. The second-order valence-electron chi connectivity index (χ2n) is 10.4. The normalized spacial score (nSPS) is 21.5. The van der Waals surface area contributed by atoms with Crippen LogP contribution >= 0.6 is 0 Å². The van der Waals surface area contributed by atoms with Gasteiger partial charge < -0.3 is 14.6 Å². The van der Waals surface area contributed by atoms with E-state index in [1.165, 1.54) is 5.56 Å². The van der Waals surface area contributed by atoms with Crippen LogP contribution in [0.5, 0.6) is 0 Å². The molecule has 6 nitrogen and oxygen atoms in total. The third kappa shape index (κ3) is 5.36. The van der Waals surface area contributed by atoms with Crippen molar-refractivity contribution in [3.8, 4) is 5.69 Å². The maximum atomic E-state index is 13.2. The van der Waals surface area contributed by atoms with Gasteiger partial charge in [0.15, 0.2) is 0 Å². The fraction of sp³-hybridized carbons (Fsp3) is 0.600. The van der Waals surface area contributed by atoms with Gasteiger partial charge in [0.05, 0.1) is 12.2 Å². The largest absolute Gasteiger partial charge is 0.381 e. The van der Waals surface area contributed by atoms with Crippen molar-refractivity contribution in [3.63, 3.8) is 0 Å². The zero-order chi connectivity index (χ0) is 21.9. The third-order valence-corrected chi connectivity index (χ3v) is 6.84. The summed E-state index contributed by atoms with van der Waals surface area (Å²) in [5.41, 5.74) is 2.66. The van der Waals surface area contributed by atoms with E-state index >= 15 is 0 Å². The Morgan fingerprint density at radius 2 is 1.97 bits per heavy atom. The first-order valence-corrected chi connectivity index (χ1v) is 11.5. The highest BCUT2D eigenvalue weighted by Gasteiger charge is 2.50. The molecule has 6 heteroatoms. The summed E-state index contributed by atoms with van der Waals surface area (Å²) in [6.45, 7) is 11.6. The number of rotatable bonds is 6. The van der Waals surface area contributed by atoms with Gasteiger partial charge in [-0.3, -0.25) is 9.69 Å². The lowest BCUT2D eigenvalue weighted by Gasteiger charge is -2.37. The molecule has 0 bridgehead atoms. The molecule has 0 unspecified atom stereocenters. The fourth-order valence-electron chi connectivity index (χ4n) is 4.97. The Balaban J connectivity index is 1.41. The van der Waals surface area contributed by atoms with Crippen LogP contribution in [-0.2, 0) is 16.1 Å².